The molecule has 0 unspecified atom stereocenters. The zero-order valence-corrected chi connectivity index (χ0v) is 12.4. The summed E-state index contributed by atoms with van der Waals surface area (Å²) in [4.78, 5) is 0. The molecular weight excluding hydrogens is 272 g/mol. The average molecular weight is 290 g/mol. The predicted molar refractivity (Wildman–Crippen MR) is 81.8 cm³/mol. The molecule has 1 aromatic carbocycles. The molecule has 20 heavy (non-hydrogen) atoms. The zero-order chi connectivity index (χ0) is 14.5. The molecule has 5 nitrogen and oxygen atoms in total. The van der Waals surface area contributed by atoms with Gasteiger partial charge in [-0.05, 0) is 54.9 Å². The van der Waals surface area contributed by atoms with Crippen LogP contribution in [0.1, 0.15) is 44.0 Å². The maximum atomic E-state index is 9.25. The van der Waals surface area contributed by atoms with Gasteiger partial charge >= 0.3 is 0 Å². The second-order valence-electron chi connectivity index (χ2n) is 4.55. The van der Waals surface area contributed by atoms with Crippen molar-refractivity contribution in [2.24, 2.45) is 5.10 Å². The molecule has 0 aliphatic carbocycles. The van der Waals surface area contributed by atoms with E-state index >= 15 is 0 Å². The molecule has 6 heteroatoms. The van der Waals surface area contributed by atoms with Gasteiger partial charge in [-0.1, -0.05) is 13.8 Å². The zero-order valence-electron chi connectivity index (χ0n) is 11.6. The van der Waals surface area contributed by atoms with Crippen LogP contribution in [-0.2, 0) is 0 Å². The summed E-state index contributed by atoms with van der Waals surface area (Å²) in [5.41, 5.74) is 0.890. The summed E-state index contributed by atoms with van der Waals surface area (Å²) in [6.45, 7) is 4.25. The highest BCUT2D eigenvalue weighted by atomic mass is 32.1. The standard InChI is InChI=1S/C14H18N4OS/c1-3-11(4-2)13-16-17-14(20)18(13)15-9-10-5-7-12(19)8-6-10/h5-9,11,19H,3-4H2,1-2H3,(H,17,20)/b15-9-. The molecule has 0 amide bonds. The van der Waals surface area contributed by atoms with Crippen molar-refractivity contribution in [2.45, 2.75) is 32.6 Å². The Morgan fingerprint density at radius 2 is 2.00 bits per heavy atom. The molecule has 0 saturated carbocycles. The van der Waals surface area contributed by atoms with Gasteiger partial charge in [0.1, 0.15) is 5.75 Å². The molecule has 0 spiro atoms. The number of benzene rings is 1. The van der Waals surface area contributed by atoms with Crippen LogP contribution in [0, 0.1) is 4.77 Å². The third-order valence-electron chi connectivity index (χ3n) is 3.24. The highest BCUT2D eigenvalue weighted by Gasteiger charge is 2.14. The SMILES string of the molecule is CCC(CC)c1n[nH]c(=S)n1/N=C\c1ccc(O)cc1. The van der Waals surface area contributed by atoms with Crippen LogP contribution in [0.25, 0.3) is 0 Å². The van der Waals surface area contributed by atoms with Gasteiger partial charge in [-0.15, -0.1) is 0 Å². The minimum atomic E-state index is 0.236. The van der Waals surface area contributed by atoms with E-state index < -0.39 is 0 Å². The van der Waals surface area contributed by atoms with Crippen LogP contribution in [0.15, 0.2) is 29.4 Å². The molecule has 0 bridgehead atoms. The number of H-pyrrole nitrogens is 1. The van der Waals surface area contributed by atoms with Crippen LogP contribution in [0.5, 0.6) is 5.75 Å². The Morgan fingerprint density at radius 3 is 2.60 bits per heavy atom. The van der Waals surface area contributed by atoms with E-state index in [-0.39, 0.29) is 5.75 Å². The van der Waals surface area contributed by atoms with Crippen LogP contribution in [-0.4, -0.2) is 26.2 Å². The molecule has 0 fully saturated rings. The summed E-state index contributed by atoms with van der Waals surface area (Å²) in [5, 5.41) is 20.7. The maximum Gasteiger partial charge on any atom is 0.216 e. The number of rotatable bonds is 5. The van der Waals surface area contributed by atoms with Crippen molar-refractivity contribution in [1.29, 1.82) is 0 Å². The van der Waals surface area contributed by atoms with Gasteiger partial charge in [0.05, 0.1) is 6.21 Å². The first kappa shape index (κ1) is 14.5. The molecule has 0 aliphatic heterocycles. The lowest BCUT2D eigenvalue weighted by Gasteiger charge is -2.10. The normalized spacial score (nSPS) is 11.6. The number of aromatic nitrogens is 3. The number of aromatic hydroxyl groups is 1. The predicted octanol–water partition coefficient (Wildman–Crippen LogP) is 3.43. The topological polar surface area (TPSA) is 66.2 Å². The van der Waals surface area contributed by atoms with Crippen LogP contribution in [0.2, 0.25) is 0 Å². The van der Waals surface area contributed by atoms with E-state index in [1.165, 1.54) is 0 Å². The fourth-order valence-electron chi connectivity index (χ4n) is 2.02. The van der Waals surface area contributed by atoms with E-state index in [1.807, 2.05) is 0 Å². The summed E-state index contributed by atoms with van der Waals surface area (Å²) >= 11 is 5.22. The maximum absolute atomic E-state index is 9.25. The highest BCUT2D eigenvalue weighted by molar-refractivity contribution is 7.71. The van der Waals surface area contributed by atoms with Gasteiger partial charge in [-0.3, -0.25) is 5.10 Å². The molecule has 0 aliphatic rings. The fraction of sp³-hybridized carbons (Fsp3) is 0.357. The van der Waals surface area contributed by atoms with Crippen LogP contribution in [0.4, 0.5) is 0 Å². The number of nitrogens with zero attached hydrogens (tertiary/aromatic N) is 3. The number of phenols is 1. The van der Waals surface area contributed by atoms with E-state index in [2.05, 4.69) is 29.1 Å². The van der Waals surface area contributed by atoms with Gasteiger partial charge in [-0.2, -0.15) is 14.9 Å². The van der Waals surface area contributed by atoms with Gasteiger partial charge in [0.25, 0.3) is 0 Å². The molecule has 2 aromatic rings. The molecule has 0 radical (unpaired) electrons. The third kappa shape index (κ3) is 3.14. The molecule has 1 heterocycles. The number of hydrogen-bond acceptors (Lipinski definition) is 4. The number of phenolic OH excluding ortho intramolecular Hbond substituents is 1. The number of aromatic amines is 1. The van der Waals surface area contributed by atoms with Crippen molar-refractivity contribution in [3.63, 3.8) is 0 Å². The second kappa shape index (κ2) is 6.47. The van der Waals surface area contributed by atoms with Crippen molar-refractivity contribution >= 4 is 18.4 Å². The van der Waals surface area contributed by atoms with Crippen LogP contribution in [0.3, 0.4) is 0 Å². The van der Waals surface area contributed by atoms with Crippen molar-refractivity contribution in [2.75, 3.05) is 0 Å². The Balaban J connectivity index is 2.31. The van der Waals surface area contributed by atoms with E-state index in [0.717, 1.165) is 24.2 Å². The van der Waals surface area contributed by atoms with Gasteiger partial charge in [0.15, 0.2) is 5.82 Å². The lowest BCUT2D eigenvalue weighted by molar-refractivity contribution is 0.475. The monoisotopic (exact) mass is 290 g/mol. The van der Waals surface area contributed by atoms with Crippen molar-refractivity contribution in [3.05, 3.63) is 40.4 Å². The first-order valence-corrected chi connectivity index (χ1v) is 7.07. The lowest BCUT2D eigenvalue weighted by atomic mass is 10.0. The minimum Gasteiger partial charge on any atom is -0.508 e. The van der Waals surface area contributed by atoms with Crippen molar-refractivity contribution < 1.29 is 5.11 Å². The van der Waals surface area contributed by atoms with E-state index in [4.69, 9.17) is 12.2 Å². The Bertz CT molecular complexity index is 638. The number of hydrogen-bond donors (Lipinski definition) is 2. The molecule has 1 aromatic heterocycles. The van der Waals surface area contributed by atoms with Crippen molar-refractivity contribution in [3.8, 4) is 5.75 Å². The molecule has 106 valence electrons. The smallest absolute Gasteiger partial charge is 0.216 e. The first-order chi connectivity index (χ1) is 9.65. The van der Waals surface area contributed by atoms with Crippen LogP contribution >= 0.6 is 12.2 Å². The summed E-state index contributed by atoms with van der Waals surface area (Å²) in [7, 11) is 0. The Kier molecular flexibility index (Phi) is 4.68. The summed E-state index contributed by atoms with van der Waals surface area (Å²) in [6.07, 6.45) is 3.69. The minimum absolute atomic E-state index is 0.236. The average Bonchev–Trinajstić information content (AvgIpc) is 2.81. The Labute approximate surface area is 123 Å². The van der Waals surface area contributed by atoms with Gasteiger partial charge in [-0.25, -0.2) is 0 Å². The van der Waals surface area contributed by atoms with E-state index in [0.29, 0.717) is 10.7 Å². The summed E-state index contributed by atoms with van der Waals surface area (Å²) < 4.78 is 2.15. The molecule has 2 rings (SSSR count). The van der Waals surface area contributed by atoms with Crippen LogP contribution < -0.4 is 0 Å². The van der Waals surface area contributed by atoms with Gasteiger partial charge in [0, 0.05) is 5.92 Å². The summed E-state index contributed by atoms with van der Waals surface area (Å²) in [6, 6.07) is 6.83. The Morgan fingerprint density at radius 1 is 1.35 bits per heavy atom. The lowest BCUT2D eigenvalue weighted by Crippen LogP contribution is -2.05. The summed E-state index contributed by atoms with van der Waals surface area (Å²) in [5.74, 6) is 1.43. The van der Waals surface area contributed by atoms with E-state index in [1.54, 1.807) is 35.2 Å². The van der Waals surface area contributed by atoms with Crippen molar-refractivity contribution in [1.82, 2.24) is 14.9 Å². The first-order valence-electron chi connectivity index (χ1n) is 6.66. The number of nitrogens with one attached hydrogen (secondary N) is 1. The fourth-order valence-corrected chi connectivity index (χ4v) is 2.20. The largest absolute Gasteiger partial charge is 0.508 e. The molecular formula is C14H18N4OS. The molecule has 0 saturated heterocycles. The van der Waals surface area contributed by atoms with Gasteiger partial charge in [0.2, 0.25) is 4.77 Å². The van der Waals surface area contributed by atoms with Gasteiger partial charge < -0.3 is 5.11 Å². The molecule has 2 N–H and O–H groups in total. The molecule has 0 atom stereocenters. The second-order valence-corrected chi connectivity index (χ2v) is 4.93. The quantitative estimate of drug-likeness (QED) is 0.655. The third-order valence-corrected chi connectivity index (χ3v) is 3.51. The highest BCUT2D eigenvalue weighted by Crippen LogP contribution is 2.21. The Hall–Kier alpha value is -1.95. The van der Waals surface area contributed by atoms with E-state index in [9.17, 15) is 5.11 Å².